The fourth-order valence-electron chi connectivity index (χ4n) is 1.57. The van der Waals surface area contributed by atoms with Gasteiger partial charge in [0.15, 0.2) is 0 Å². The SMILES string of the molecule is C[C@H](c1ccncc1)n1ccc(NCC#N)n1. The van der Waals surface area contributed by atoms with Crippen LogP contribution in [0, 0.1) is 11.3 Å². The van der Waals surface area contributed by atoms with Gasteiger partial charge in [-0.05, 0) is 24.6 Å². The van der Waals surface area contributed by atoms with Crippen molar-refractivity contribution < 1.29 is 0 Å². The van der Waals surface area contributed by atoms with Crippen molar-refractivity contribution in [2.45, 2.75) is 13.0 Å². The summed E-state index contributed by atoms with van der Waals surface area (Å²) in [4.78, 5) is 3.99. The van der Waals surface area contributed by atoms with E-state index in [1.54, 1.807) is 12.4 Å². The third-order valence-electron chi connectivity index (χ3n) is 2.54. The van der Waals surface area contributed by atoms with Crippen LogP contribution in [0.25, 0.3) is 0 Å². The molecular weight excluding hydrogens is 214 g/mol. The van der Waals surface area contributed by atoms with Crippen LogP contribution in [-0.2, 0) is 0 Å². The van der Waals surface area contributed by atoms with Gasteiger partial charge < -0.3 is 5.32 Å². The lowest BCUT2D eigenvalue weighted by atomic mass is 10.1. The number of hydrogen-bond donors (Lipinski definition) is 1. The highest BCUT2D eigenvalue weighted by atomic mass is 15.3. The van der Waals surface area contributed by atoms with Crippen molar-refractivity contribution in [3.63, 3.8) is 0 Å². The summed E-state index contributed by atoms with van der Waals surface area (Å²) < 4.78 is 1.86. The summed E-state index contributed by atoms with van der Waals surface area (Å²) in [6.07, 6.45) is 5.43. The highest BCUT2D eigenvalue weighted by Gasteiger charge is 2.08. The Bertz CT molecular complexity index is 511. The van der Waals surface area contributed by atoms with Gasteiger partial charge in [-0.15, -0.1) is 0 Å². The maximum Gasteiger partial charge on any atom is 0.148 e. The average Bonchev–Trinajstić information content (AvgIpc) is 2.85. The molecule has 1 N–H and O–H groups in total. The molecule has 17 heavy (non-hydrogen) atoms. The molecule has 1 atom stereocenters. The predicted molar refractivity (Wildman–Crippen MR) is 64.4 cm³/mol. The Kier molecular flexibility index (Phi) is 3.36. The van der Waals surface area contributed by atoms with Crippen molar-refractivity contribution in [2.24, 2.45) is 0 Å². The molecule has 0 saturated carbocycles. The van der Waals surface area contributed by atoms with Crippen LogP contribution in [0.15, 0.2) is 36.8 Å². The minimum absolute atomic E-state index is 0.149. The van der Waals surface area contributed by atoms with E-state index >= 15 is 0 Å². The molecule has 2 heterocycles. The van der Waals surface area contributed by atoms with Gasteiger partial charge >= 0.3 is 0 Å². The van der Waals surface area contributed by atoms with E-state index in [0.717, 1.165) is 5.56 Å². The van der Waals surface area contributed by atoms with Gasteiger partial charge in [0.05, 0.1) is 12.1 Å². The van der Waals surface area contributed by atoms with Gasteiger partial charge in [0.25, 0.3) is 0 Å². The van der Waals surface area contributed by atoms with Crippen molar-refractivity contribution in [1.82, 2.24) is 14.8 Å². The Labute approximate surface area is 99.7 Å². The Morgan fingerprint density at radius 2 is 2.18 bits per heavy atom. The zero-order valence-electron chi connectivity index (χ0n) is 9.54. The maximum absolute atomic E-state index is 8.47. The van der Waals surface area contributed by atoms with E-state index in [-0.39, 0.29) is 12.6 Å². The van der Waals surface area contributed by atoms with E-state index in [1.165, 1.54) is 0 Å². The Morgan fingerprint density at radius 1 is 1.41 bits per heavy atom. The molecule has 0 saturated heterocycles. The van der Waals surface area contributed by atoms with Crippen molar-refractivity contribution in [3.05, 3.63) is 42.4 Å². The molecule has 2 aromatic rings. The predicted octanol–water partition coefficient (Wildman–Crippen LogP) is 1.82. The van der Waals surface area contributed by atoms with E-state index in [2.05, 4.69) is 22.3 Å². The second-order valence-electron chi connectivity index (χ2n) is 3.65. The summed E-state index contributed by atoms with van der Waals surface area (Å²) in [5.74, 6) is 0.715. The molecular formula is C12H13N5. The third-order valence-corrected chi connectivity index (χ3v) is 2.54. The second kappa shape index (κ2) is 5.12. The molecule has 2 rings (SSSR count). The number of anilines is 1. The molecule has 0 aliphatic heterocycles. The molecule has 0 aliphatic carbocycles. The van der Waals surface area contributed by atoms with Gasteiger partial charge in [0, 0.05) is 24.7 Å². The highest BCUT2D eigenvalue weighted by Crippen LogP contribution is 2.17. The van der Waals surface area contributed by atoms with Crippen LogP contribution in [0.4, 0.5) is 5.82 Å². The highest BCUT2D eigenvalue weighted by molar-refractivity contribution is 5.33. The smallest absolute Gasteiger partial charge is 0.148 e. The third kappa shape index (κ3) is 2.61. The first kappa shape index (κ1) is 11.1. The second-order valence-corrected chi connectivity index (χ2v) is 3.65. The van der Waals surface area contributed by atoms with Crippen LogP contribution in [0.1, 0.15) is 18.5 Å². The fourth-order valence-corrected chi connectivity index (χ4v) is 1.57. The number of hydrogen-bond acceptors (Lipinski definition) is 4. The summed E-state index contributed by atoms with van der Waals surface area (Å²) >= 11 is 0. The van der Waals surface area contributed by atoms with E-state index in [4.69, 9.17) is 5.26 Å². The molecule has 0 unspecified atom stereocenters. The van der Waals surface area contributed by atoms with E-state index in [0.29, 0.717) is 5.82 Å². The fraction of sp³-hybridized carbons (Fsp3) is 0.250. The lowest BCUT2D eigenvalue weighted by Gasteiger charge is -2.11. The summed E-state index contributed by atoms with van der Waals surface area (Å²) in [7, 11) is 0. The number of rotatable bonds is 4. The standard InChI is InChI=1S/C12H13N5/c1-10(11-2-6-14-7-3-11)17-9-4-12(16-17)15-8-5-13/h2-4,6-7,9-10H,8H2,1H3,(H,15,16)/t10-/m1/s1. The molecule has 0 aliphatic rings. The van der Waals surface area contributed by atoms with Crippen LogP contribution < -0.4 is 5.32 Å². The van der Waals surface area contributed by atoms with Gasteiger partial charge in [0.1, 0.15) is 12.4 Å². The first-order valence-electron chi connectivity index (χ1n) is 5.37. The number of nitrogens with zero attached hydrogens (tertiary/aromatic N) is 4. The van der Waals surface area contributed by atoms with E-state index in [1.807, 2.05) is 35.1 Å². The quantitative estimate of drug-likeness (QED) is 0.809. The lowest BCUT2D eigenvalue weighted by molar-refractivity contribution is 0.565. The van der Waals surface area contributed by atoms with Gasteiger partial charge in [-0.1, -0.05) is 0 Å². The number of nitrogens with one attached hydrogen (secondary N) is 1. The van der Waals surface area contributed by atoms with Crippen LogP contribution in [0.3, 0.4) is 0 Å². The first-order chi connectivity index (χ1) is 8.31. The molecule has 0 radical (unpaired) electrons. The van der Waals surface area contributed by atoms with Crippen molar-refractivity contribution >= 4 is 5.82 Å². The maximum atomic E-state index is 8.47. The van der Waals surface area contributed by atoms with Crippen molar-refractivity contribution in [1.29, 1.82) is 5.26 Å². The molecule has 5 nitrogen and oxygen atoms in total. The van der Waals surface area contributed by atoms with E-state index < -0.39 is 0 Å². The molecule has 0 fully saturated rings. The van der Waals surface area contributed by atoms with Gasteiger partial charge in [-0.25, -0.2) is 0 Å². The lowest BCUT2D eigenvalue weighted by Crippen LogP contribution is -2.08. The summed E-state index contributed by atoms with van der Waals surface area (Å²) in [5, 5.41) is 15.7. The first-order valence-corrected chi connectivity index (χ1v) is 5.37. The van der Waals surface area contributed by atoms with Crippen LogP contribution in [-0.4, -0.2) is 21.3 Å². The average molecular weight is 227 g/mol. The summed E-state index contributed by atoms with van der Waals surface area (Å²) in [5.41, 5.74) is 1.15. The largest absolute Gasteiger partial charge is 0.356 e. The molecule has 5 heteroatoms. The zero-order chi connectivity index (χ0) is 12.1. The molecule has 0 bridgehead atoms. The molecule has 0 spiro atoms. The van der Waals surface area contributed by atoms with Crippen LogP contribution in [0.2, 0.25) is 0 Å². The molecule has 0 aromatic carbocycles. The van der Waals surface area contributed by atoms with Crippen molar-refractivity contribution in [2.75, 3.05) is 11.9 Å². The topological polar surface area (TPSA) is 66.5 Å². The number of pyridine rings is 1. The molecule has 0 amide bonds. The Balaban J connectivity index is 2.13. The van der Waals surface area contributed by atoms with Gasteiger partial charge in [0.2, 0.25) is 0 Å². The Morgan fingerprint density at radius 3 is 2.88 bits per heavy atom. The minimum Gasteiger partial charge on any atom is -0.356 e. The zero-order valence-corrected chi connectivity index (χ0v) is 9.54. The molecule has 86 valence electrons. The normalized spacial score (nSPS) is 11.8. The number of nitriles is 1. The minimum atomic E-state index is 0.149. The number of aromatic nitrogens is 3. The van der Waals surface area contributed by atoms with Crippen LogP contribution >= 0.6 is 0 Å². The monoisotopic (exact) mass is 227 g/mol. The van der Waals surface area contributed by atoms with Gasteiger partial charge in [-0.3, -0.25) is 9.67 Å². The van der Waals surface area contributed by atoms with Gasteiger partial charge in [-0.2, -0.15) is 10.4 Å². The Hall–Kier alpha value is -2.35. The van der Waals surface area contributed by atoms with Crippen LogP contribution in [0.5, 0.6) is 0 Å². The van der Waals surface area contributed by atoms with E-state index in [9.17, 15) is 0 Å². The van der Waals surface area contributed by atoms with Crippen molar-refractivity contribution in [3.8, 4) is 6.07 Å². The molecule has 2 aromatic heterocycles. The summed E-state index contributed by atoms with van der Waals surface area (Å²) in [6, 6.07) is 7.96. The summed E-state index contributed by atoms with van der Waals surface area (Å²) in [6.45, 7) is 2.33.